The first-order valence-corrected chi connectivity index (χ1v) is 5.07. The van der Waals surface area contributed by atoms with E-state index in [4.69, 9.17) is 10.8 Å². The standard InChI is InChI=1S/C9H19NO2S.ClH/c1-3-4-5-6-9(2,13)7(10)8(11)12;/h7,13H,3-6,10H2,1-2H3,(H,11,12);1H. The van der Waals surface area contributed by atoms with Gasteiger partial charge in [-0.1, -0.05) is 26.2 Å². The van der Waals surface area contributed by atoms with E-state index in [1.165, 1.54) is 0 Å². The minimum atomic E-state index is -0.978. The van der Waals surface area contributed by atoms with E-state index in [2.05, 4.69) is 19.6 Å². The van der Waals surface area contributed by atoms with E-state index < -0.39 is 16.8 Å². The number of thiol groups is 1. The Kier molecular flexibility index (Phi) is 8.69. The van der Waals surface area contributed by atoms with E-state index in [0.29, 0.717) is 0 Å². The van der Waals surface area contributed by atoms with Crippen LogP contribution in [-0.4, -0.2) is 21.9 Å². The van der Waals surface area contributed by atoms with Gasteiger partial charge in [-0.05, 0) is 13.3 Å². The summed E-state index contributed by atoms with van der Waals surface area (Å²) in [6.45, 7) is 3.89. The Bertz CT molecular complexity index is 176. The number of halogens is 1. The van der Waals surface area contributed by atoms with Gasteiger partial charge in [0.15, 0.2) is 0 Å². The number of hydrogen-bond donors (Lipinski definition) is 3. The molecule has 0 aliphatic heterocycles. The molecule has 2 unspecified atom stereocenters. The first-order chi connectivity index (χ1) is 5.91. The second-order valence-corrected chi connectivity index (χ2v) is 4.65. The van der Waals surface area contributed by atoms with Crippen LogP contribution < -0.4 is 5.73 Å². The average molecular weight is 242 g/mol. The van der Waals surface area contributed by atoms with Crippen LogP contribution in [0, 0.1) is 0 Å². The molecule has 0 saturated heterocycles. The van der Waals surface area contributed by atoms with Crippen molar-refractivity contribution in [3.8, 4) is 0 Å². The molecule has 0 aromatic heterocycles. The lowest BCUT2D eigenvalue weighted by molar-refractivity contribution is -0.139. The number of nitrogens with two attached hydrogens (primary N) is 1. The second kappa shape index (κ2) is 7.37. The number of carboxylic acid groups (broad SMARTS) is 1. The number of unbranched alkanes of at least 4 members (excludes halogenated alkanes) is 2. The second-order valence-electron chi connectivity index (χ2n) is 3.63. The molecule has 0 aromatic carbocycles. The molecule has 0 heterocycles. The fourth-order valence-electron chi connectivity index (χ4n) is 1.15. The number of carbonyl (C=O) groups is 1. The Morgan fingerprint density at radius 2 is 2.07 bits per heavy atom. The summed E-state index contributed by atoms with van der Waals surface area (Å²) in [5.74, 6) is -0.978. The van der Waals surface area contributed by atoms with Crippen LogP contribution in [0.3, 0.4) is 0 Å². The van der Waals surface area contributed by atoms with E-state index >= 15 is 0 Å². The van der Waals surface area contributed by atoms with Gasteiger partial charge in [0.2, 0.25) is 0 Å². The van der Waals surface area contributed by atoms with Crippen molar-refractivity contribution in [1.82, 2.24) is 0 Å². The van der Waals surface area contributed by atoms with Gasteiger partial charge in [-0.2, -0.15) is 12.6 Å². The zero-order chi connectivity index (χ0) is 10.5. The zero-order valence-corrected chi connectivity index (χ0v) is 10.4. The molecule has 14 heavy (non-hydrogen) atoms. The molecule has 3 N–H and O–H groups in total. The van der Waals surface area contributed by atoms with Crippen LogP contribution in [0.4, 0.5) is 0 Å². The number of hydrogen-bond acceptors (Lipinski definition) is 3. The summed E-state index contributed by atoms with van der Waals surface area (Å²) < 4.78 is -0.596. The third kappa shape index (κ3) is 5.73. The largest absolute Gasteiger partial charge is 0.480 e. The van der Waals surface area contributed by atoms with E-state index in [-0.39, 0.29) is 12.4 Å². The monoisotopic (exact) mass is 241 g/mol. The third-order valence-electron chi connectivity index (χ3n) is 2.22. The van der Waals surface area contributed by atoms with Crippen LogP contribution in [0.1, 0.15) is 39.5 Å². The van der Waals surface area contributed by atoms with Gasteiger partial charge in [0.1, 0.15) is 6.04 Å². The Morgan fingerprint density at radius 3 is 2.43 bits per heavy atom. The molecule has 0 spiro atoms. The van der Waals surface area contributed by atoms with E-state index in [9.17, 15) is 4.79 Å². The summed E-state index contributed by atoms with van der Waals surface area (Å²) in [5.41, 5.74) is 5.50. The molecule has 2 atom stereocenters. The quantitative estimate of drug-likeness (QED) is 0.493. The summed E-state index contributed by atoms with van der Waals surface area (Å²) in [6, 6.07) is -0.882. The number of carboxylic acids is 1. The van der Waals surface area contributed by atoms with E-state index in [1.54, 1.807) is 6.92 Å². The highest BCUT2D eigenvalue weighted by Crippen LogP contribution is 2.25. The normalized spacial score (nSPS) is 16.6. The summed E-state index contributed by atoms with van der Waals surface area (Å²) in [5, 5.41) is 8.70. The maximum atomic E-state index is 10.6. The minimum absolute atomic E-state index is 0. The molecule has 0 bridgehead atoms. The van der Waals surface area contributed by atoms with Gasteiger partial charge in [-0.3, -0.25) is 4.79 Å². The predicted molar refractivity (Wildman–Crippen MR) is 64.4 cm³/mol. The SMILES string of the molecule is CCCCCC(C)(S)C(N)C(=O)O.Cl. The van der Waals surface area contributed by atoms with Gasteiger partial charge in [-0.25, -0.2) is 0 Å². The van der Waals surface area contributed by atoms with Crippen molar-refractivity contribution in [3.63, 3.8) is 0 Å². The highest BCUT2D eigenvalue weighted by molar-refractivity contribution is 7.81. The van der Waals surface area contributed by atoms with Crippen molar-refractivity contribution in [2.24, 2.45) is 5.73 Å². The van der Waals surface area contributed by atoms with Crippen LogP contribution in [0.5, 0.6) is 0 Å². The number of rotatable bonds is 6. The Labute approximate surface area is 97.3 Å². The van der Waals surface area contributed by atoms with Gasteiger partial charge in [0.05, 0.1) is 0 Å². The molecular weight excluding hydrogens is 222 g/mol. The highest BCUT2D eigenvalue weighted by atomic mass is 35.5. The fourth-order valence-corrected chi connectivity index (χ4v) is 1.42. The van der Waals surface area contributed by atoms with Crippen LogP contribution in [-0.2, 0) is 4.79 Å². The number of aliphatic carboxylic acids is 1. The molecule has 5 heteroatoms. The van der Waals surface area contributed by atoms with Crippen molar-refractivity contribution in [2.45, 2.75) is 50.3 Å². The van der Waals surface area contributed by atoms with Gasteiger partial charge >= 0.3 is 5.97 Å². The van der Waals surface area contributed by atoms with Crippen molar-refractivity contribution >= 4 is 31.0 Å². The van der Waals surface area contributed by atoms with Gasteiger partial charge in [0, 0.05) is 4.75 Å². The summed E-state index contributed by atoms with van der Waals surface area (Å²) in [6.07, 6.45) is 3.95. The van der Waals surface area contributed by atoms with Crippen LogP contribution in [0.2, 0.25) is 0 Å². The topological polar surface area (TPSA) is 63.3 Å². The van der Waals surface area contributed by atoms with Crippen molar-refractivity contribution < 1.29 is 9.90 Å². The molecule has 86 valence electrons. The Balaban J connectivity index is 0. The average Bonchev–Trinajstić information content (AvgIpc) is 2.03. The molecule has 0 aliphatic carbocycles. The van der Waals surface area contributed by atoms with Gasteiger partial charge in [-0.15, -0.1) is 12.4 Å². The first kappa shape index (κ1) is 16.5. The van der Waals surface area contributed by atoms with Crippen molar-refractivity contribution in [1.29, 1.82) is 0 Å². The molecule has 3 nitrogen and oxygen atoms in total. The maximum absolute atomic E-state index is 10.6. The Hall–Kier alpha value is 0.0700. The lowest BCUT2D eigenvalue weighted by Gasteiger charge is -2.27. The third-order valence-corrected chi connectivity index (χ3v) is 2.72. The molecule has 0 saturated carbocycles. The van der Waals surface area contributed by atoms with Crippen LogP contribution in [0.25, 0.3) is 0 Å². The molecule has 0 aromatic rings. The summed E-state index contributed by atoms with van der Waals surface area (Å²) in [7, 11) is 0. The molecule has 0 rings (SSSR count). The van der Waals surface area contributed by atoms with E-state index in [0.717, 1.165) is 25.7 Å². The molecule has 0 amide bonds. The fraction of sp³-hybridized carbons (Fsp3) is 0.889. The van der Waals surface area contributed by atoms with Gasteiger partial charge in [0.25, 0.3) is 0 Å². The predicted octanol–water partition coefficient (Wildman–Crippen LogP) is 2.09. The highest BCUT2D eigenvalue weighted by Gasteiger charge is 2.32. The summed E-state index contributed by atoms with van der Waals surface area (Å²) in [4.78, 5) is 10.6. The molecule has 0 aliphatic rings. The minimum Gasteiger partial charge on any atom is -0.480 e. The maximum Gasteiger partial charge on any atom is 0.321 e. The first-order valence-electron chi connectivity index (χ1n) is 4.62. The lowest BCUT2D eigenvalue weighted by atomic mass is 9.95. The Morgan fingerprint density at radius 1 is 1.57 bits per heavy atom. The summed E-state index contributed by atoms with van der Waals surface area (Å²) >= 11 is 4.29. The van der Waals surface area contributed by atoms with Crippen LogP contribution >= 0.6 is 25.0 Å². The molecular formula is C9H20ClNO2S. The van der Waals surface area contributed by atoms with E-state index in [1.807, 2.05) is 0 Å². The smallest absolute Gasteiger partial charge is 0.321 e. The van der Waals surface area contributed by atoms with Crippen LogP contribution in [0.15, 0.2) is 0 Å². The van der Waals surface area contributed by atoms with Crippen molar-refractivity contribution in [3.05, 3.63) is 0 Å². The zero-order valence-electron chi connectivity index (χ0n) is 8.69. The van der Waals surface area contributed by atoms with Gasteiger partial charge < -0.3 is 10.8 Å². The molecule has 0 fully saturated rings. The molecule has 0 radical (unpaired) electrons. The van der Waals surface area contributed by atoms with Crippen molar-refractivity contribution in [2.75, 3.05) is 0 Å². The lowest BCUT2D eigenvalue weighted by Crippen LogP contribution is -2.47.